The number of carbonyl (C=O) groups excluding carboxylic acids is 3. The maximum Gasteiger partial charge on any atom is 0.343 e. The number of hydrogen-bond donors (Lipinski definition) is 2. The smallest absolute Gasteiger partial charge is 0.343 e. The zero-order chi connectivity index (χ0) is 25.3. The molecule has 3 aromatic rings. The number of carbonyl (C=O) groups is 3. The number of esters is 1. The highest BCUT2D eigenvalue weighted by atomic mass is 32.2. The molecule has 1 atom stereocenters. The van der Waals surface area contributed by atoms with Gasteiger partial charge in [0.1, 0.15) is 16.7 Å². The van der Waals surface area contributed by atoms with Crippen LogP contribution in [0.1, 0.15) is 22.3 Å². The van der Waals surface area contributed by atoms with Crippen LogP contribution < -0.4 is 20.1 Å². The van der Waals surface area contributed by atoms with Gasteiger partial charge in [-0.2, -0.15) is 5.10 Å². The van der Waals surface area contributed by atoms with Crippen LogP contribution in [-0.2, 0) is 9.59 Å². The van der Waals surface area contributed by atoms with Gasteiger partial charge in [-0.3, -0.25) is 9.59 Å². The average molecular weight is 503 g/mol. The number of nitrogens with zero attached hydrogens (tertiary/aromatic N) is 2. The fraction of sp³-hybridized carbons (Fsp3) is 0.115. The van der Waals surface area contributed by atoms with E-state index in [2.05, 4.69) is 20.8 Å². The number of anilines is 1. The van der Waals surface area contributed by atoms with Crippen LogP contribution >= 0.6 is 11.8 Å². The molecule has 0 spiro atoms. The molecule has 1 fully saturated rings. The highest BCUT2D eigenvalue weighted by Crippen LogP contribution is 2.23. The van der Waals surface area contributed by atoms with E-state index in [4.69, 9.17) is 9.47 Å². The minimum atomic E-state index is -0.601. The molecule has 3 aromatic carbocycles. The van der Waals surface area contributed by atoms with Gasteiger partial charge in [-0.25, -0.2) is 4.79 Å². The summed E-state index contributed by atoms with van der Waals surface area (Å²) in [7, 11) is 1.56. The first-order valence-corrected chi connectivity index (χ1v) is 11.8. The van der Waals surface area contributed by atoms with Crippen molar-refractivity contribution in [2.24, 2.45) is 10.2 Å². The molecule has 1 aliphatic rings. The molecule has 0 radical (unpaired) electrons. The minimum Gasteiger partial charge on any atom is -0.497 e. The van der Waals surface area contributed by atoms with E-state index in [1.54, 1.807) is 79.9 Å². The van der Waals surface area contributed by atoms with Crippen molar-refractivity contribution in [3.05, 3.63) is 90.0 Å². The fourth-order valence-corrected chi connectivity index (χ4v) is 4.08. The first-order chi connectivity index (χ1) is 17.5. The second-order valence-corrected chi connectivity index (χ2v) is 8.74. The third-order valence-corrected chi connectivity index (χ3v) is 6.05. The van der Waals surface area contributed by atoms with E-state index < -0.39 is 11.2 Å². The Morgan fingerprint density at radius 1 is 1.00 bits per heavy atom. The summed E-state index contributed by atoms with van der Waals surface area (Å²) in [6, 6.07) is 22.4. The number of methoxy groups -OCH3 is 1. The molecule has 0 aliphatic carbocycles. The number of amides is 2. The van der Waals surface area contributed by atoms with E-state index in [1.807, 2.05) is 6.07 Å². The van der Waals surface area contributed by atoms with E-state index in [0.29, 0.717) is 27.9 Å². The third-order valence-electron chi connectivity index (χ3n) is 4.98. The van der Waals surface area contributed by atoms with E-state index in [-0.39, 0.29) is 18.2 Å². The highest BCUT2D eigenvalue weighted by Gasteiger charge is 2.32. The van der Waals surface area contributed by atoms with Gasteiger partial charge in [-0.15, -0.1) is 5.10 Å². The zero-order valence-corrected chi connectivity index (χ0v) is 20.0. The van der Waals surface area contributed by atoms with Gasteiger partial charge in [-0.05, 0) is 66.2 Å². The van der Waals surface area contributed by atoms with Crippen molar-refractivity contribution in [3.63, 3.8) is 0 Å². The van der Waals surface area contributed by atoms with Crippen LogP contribution in [0, 0.1) is 0 Å². The molecule has 4 rings (SSSR count). The van der Waals surface area contributed by atoms with E-state index in [1.165, 1.54) is 6.21 Å². The monoisotopic (exact) mass is 502 g/mol. The van der Waals surface area contributed by atoms with Gasteiger partial charge in [0, 0.05) is 12.1 Å². The normalized spacial score (nSPS) is 16.1. The third kappa shape index (κ3) is 6.80. The molecule has 10 heteroatoms. The van der Waals surface area contributed by atoms with Crippen LogP contribution in [0.2, 0.25) is 0 Å². The summed E-state index contributed by atoms with van der Waals surface area (Å²) in [6.07, 6.45) is 1.50. The van der Waals surface area contributed by atoms with Crippen LogP contribution in [0.3, 0.4) is 0 Å². The first-order valence-electron chi connectivity index (χ1n) is 10.9. The van der Waals surface area contributed by atoms with Crippen LogP contribution in [0.15, 0.2) is 89.1 Å². The SMILES string of the molecule is COc1ccc(NC(=O)CC2SC(=NN=Cc3ccc(OC(=O)c4ccccc4)cc3)NC2=O)cc1. The van der Waals surface area contributed by atoms with Crippen LogP contribution in [0.4, 0.5) is 5.69 Å². The Morgan fingerprint density at radius 2 is 1.69 bits per heavy atom. The molecule has 2 N–H and O–H groups in total. The van der Waals surface area contributed by atoms with Gasteiger partial charge in [-0.1, -0.05) is 30.0 Å². The summed E-state index contributed by atoms with van der Waals surface area (Å²) in [6.45, 7) is 0. The van der Waals surface area contributed by atoms with Crippen molar-refractivity contribution >= 4 is 46.6 Å². The lowest BCUT2D eigenvalue weighted by Crippen LogP contribution is -2.28. The molecule has 0 saturated carbocycles. The molecule has 9 nitrogen and oxygen atoms in total. The summed E-state index contributed by atoms with van der Waals surface area (Å²) in [4.78, 5) is 36.6. The maximum atomic E-state index is 12.3. The van der Waals surface area contributed by atoms with Gasteiger partial charge in [0.05, 0.1) is 18.9 Å². The topological polar surface area (TPSA) is 118 Å². The van der Waals surface area contributed by atoms with Gasteiger partial charge in [0.25, 0.3) is 0 Å². The summed E-state index contributed by atoms with van der Waals surface area (Å²) < 4.78 is 10.4. The Morgan fingerprint density at radius 3 is 2.39 bits per heavy atom. The Labute approximate surface area is 211 Å². The summed E-state index contributed by atoms with van der Waals surface area (Å²) in [5.74, 6) is 0.0583. The number of ether oxygens (including phenoxy) is 2. The van der Waals surface area contributed by atoms with Crippen molar-refractivity contribution in [1.82, 2.24) is 5.32 Å². The van der Waals surface area contributed by atoms with Crippen LogP contribution in [0.5, 0.6) is 11.5 Å². The summed E-state index contributed by atoms with van der Waals surface area (Å²) in [5, 5.41) is 13.1. The van der Waals surface area contributed by atoms with Crippen molar-refractivity contribution in [2.45, 2.75) is 11.7 Å². The number of hydrogen-bond acceptors (Lipinski definition) is 8. The van der Waals surface area contributed by atoms with E-state index in [0.717, 1.165) is 17.3 Å². The highest BCUT2D eigenvalue weighted by molar-refractivity contribution is 8.15. The van der Waals surface area contributed by atoms with Crippen molar-refractivity contribution < 1.29 is 23.9 Å². The Balaban J connectivity index is 1.27. The van der Waals surface area contributed by atoms with Crippen LogP contribution in [0.25, 0.3) is 0 Å². The van der Waals surface area contributed by atoms with Gasteiger partial charge in [0.2, 0.25) is 11.8 Å². The number of thioether (sulfide) groups is 1. The summed E-state index contributed by atoms with van der Waals surface area (Å²) >= 11 is 1.14. The second-order valence-electron chi connectivity index (χ2n) is 7.55. The van der Waals surface area contributed by atoms with Gasteiger partial charge in [0.15, 0.2) is 5.17 Å². The molecule has 0 bridgehead atoms. The van der Waals surface area contributed by atoms with Crippen molar-refractivity contribution in [2.75, 3.05) is 12.4 Å². The number of benzene rings is 3. The first kappa shape index (κ1) is 24.7. The Bertz CT molecular complexity index is 1290. The number of rotatable bonds is 8. The van der Waals surface area contributed by atoms with Crippen molar-refractivity contribution in [3.8, 4) is 11.5 Å². The maximum absolute atomic E-state index is 12.3. The molecule has 36 heavy (non-hydrogen) atoms. The summed E-state index contributed by atoms with van der Waals surface area (Å²) in [5.41, 5.74) is 1.80. The molecule has 182 valence electrons. The molecule has 1 unspecified atom stereocenters. The van der Waals surface area contributed by atoms with Gasteiger partial charge >= 0.3 is 5.97 Å². The standard InChI is InChI=1S/C26H22N4O5S/c1-34-20-13-9-19(10-14-20)28-23(31)15-22-24(32)29-26(36-22)30-27-16-17-7-11-21(12-8-17)35-25(33)18-5-3-2-4-6-18/h2-14,16,22H,15H2,1H3,(H,28,31)(H,29,30,32). The molecule has 1 saturated heterocycles. The van der Waals surface area contributed by atoms with E-state index in [9.17, 15) is 14.4 Å². The minimum absolute atomic E-state index is 0.00553. The Hall–Kier alpha value is -4.44. The average Bonchev–Trinajstić information content (AvgIpc) is 3.24. The van der Waals surface area contributed by atoms with Crippen LogP contribution in [-0.4, -0.2) is 41.5 Å². The number of amidine groups is 1. The molecule has 0 aromatic heterocycles. The lowest BCUT2D eigenvalue weighted by atomic mass is 10.2. The lowest BCUT2D eigenvalue weighted by Gasteiger charge is -2.08. The molecule has 1 heterocycles. The fourth-order valence-electron chi connectivity index (χ4n) is 3.15. The Kier molecular flexibility index (Phi) is 8.09. The second kappa shape index (κ2) is 11.8. The largest absolute Gasteiger partial charge is 0.497 e. The molecule has 1 aliphatic heterocycles. The van der Waals surface area contributed by atoms with Gasteiger partial charge < -0.3 is 20.1 Å². The molecule has 2 amide bonds. The lowest BCUT2D eigenvalue weighted by molar-refractivity contribution is -0.122. The van der Waals surface area contributed by atoms with E-state index >= 15 is 0 Å². The molecular formula is C26H22N4O5S. The quantitative estimate of drug-likeness (QED) is 0.209. The predicted molar refractivity (Wildman–Crippen MR) is 139 cm³/mol. The van der Waals surface area contributed by atoms with Crippen molar-refractivity contribution in [1.29, 1.82) is 0 Å². The molecular weight excluding hydrogens is 480 g/mol. The predicted octanol–water partition coefficient (Wildman–Crippen LogP) is 3.86. The zero-order valence-electron chi connectivity index (χ0n) is 19.2. The number of nitrogens with one attached hydrogen (secondary N) is 2.